The molecule has 0 radical (unpaired) electrons. The lowest BCUT2D eigenvalue weighted by Crippen LogP contribution is -2.38. The van der Waals surface area contributed by atoms with Gasteiger partial charge >= 0.3 is 0 Å². The molecule has 0 bridgehead atoms. The van der Waals surface area contributed by atoms with Crippen molar-refractivity contribution in [1.82, 2.24) is 4.90 Å². The first kappa shape index (κ1) is 15.0. The van der Waals surface area contributed by atoms with Gasteiger partial charge in [0.15, 0.2) is 0 Å². The van der Waals surface area contributed by atoms with Crippen LogP contribution in [0.5, 0.6) is 5.75 Å². The Hall–Kier alpha value is -1.03. The van der Waals surface area contributed by atoms with Gasteiger partial charge in [0, 0.05) is 23.5 Å². The summed E-state index contributed by atoms with van der Waals surface area (Å²) in [4.78, 5) is 14.3. The van der Waals surface area contributed by atoms with Crippen molar-refractivity contribution in [2.45, 2.75) is 33.2 Å². The molecule has 0 aliphatic carbocycles. The third-order valence-corrected chi connectivity index (χ3v) is 3.42. The van der Waals surface area contributed by atoms with Crippen LogP contribution in [0.15, 0.2) is 18.2 Å². The average Bonchev–Trinajstić information content (AvgIpc) is 2.28. The highest BCUT2D eigenvalue weighted by molar-refractivity contribution is 9.09. The van der Waals surface area contributed by atoms with Crippen LogP contribution in [0.2, 0.25) is 0 Å². The number of aromatic hydroxyl groups is 1. The minimum Gasteiger partial charge on any atom is -0.508 e. The van der Waals surface area contributed by atoms with Gasteiger partial charge in [-0.3, -0.25) is 4.79 Å². The SMILES string of the molecule is Cc1cc(O)ccc1C(=O)N(CCCBr)C(C)C. The summed E-state index contributed by atoms with van der Waals surface area (Å²) < 4.78 is 0. The van der Waals surface area contributed by atoms with Gasteiger partial charge in [-0.05, 0) is 51.0 Å². The zero-order valence-electron chi connectivity index (χ0n) is 11.1. The number of amides is 1. The summed E-state index contributed by atoms with van der Waals surface area (Å²) in [7, 11) is 0. The Labute approximate surface area is 117 Å². The molecule has 0 unspecified atom stereocenters. The quantitative estimate of drug-likeness (QED) is 0.847. The minimum absolute atomic E-state index is 0.0310. The van der Waals surface area contributed by atoms with Gasteiger partial charge in [0.05, 0.1) is 0 Å². The summed E-state index contributed by atoms with van der Waals surface area (Å²) in [6.07, 6.45) is 0.932. The number of alkyl halides is 1. The van der Waals surface area contributed by atoms with Crippen LogP contribution >= 0.6 is 15.9 Å². The molecule has 1 N–H and O–H groups in total. The summed E-state index contributed by atoms with van der Waals surface area (Å²) >= 11 is 3.39. The van der Waals surface area contributed by atoms with Gasteiger partial charge in [-0.25, -0.2) is 0 Å². The maximum atomic E-state index is 12.5. The molecule has 1 amide bonds. The largest absolute Gasteiger partial charge is 0.508 e. The molecule has 100 valence electrons. The van der Waals surface area contributed by atoms with E-state index in [1.165, 1.54) is 0 Å². The number of carbonyl (C=O) groups is 1. The lowest BCUT2D eigenvalue weighted by atomic mass is 10.1. The van der Waals surface area contributed by atoms with Gasteiger partial charge in [-0.2, -0.15) is 0 Å². The van der Waals surface area contributed by atoms with E-state index in [-0.39, 0.29) is 17.7 Å². The van der Waals surface area contributed by atoms with E-state index >= 15 is 0 Å². The Balaban J connectivity index is 2.94. The van der Waals surface area contributed by atoms with Crippen LogP contribution in [-0.2, 0) is 0 Å². The number of carbonyl (C=O) groups excluding carboxylic acids is 1. The van der Waals surface area contributed by atoms with Crippen molar-refractivity contribution in [1.29, 1.82) is 0 Å². The molecule has 1 aromatic rings. The van der Waals surface area contributed by atoms with Crippen LogP contribution in [0.1, 0.15) is 36.2 Å². The van der Waals surface area contributed by atoms with Crippen molar-refractivity contribution in [3.8, 4) is 5.75 Å². The molecule has 3 nitrogen and oxygen atoms in total. The monoisotopic (exact) mass is 313 g/mol. The number of hydrogen-bond donors (Lipinski definition) is 1. The lowest BCUT2D eigenvalue weighted by molar-refractivity contribution is 0.0706. The van der Waals surface area contributed by atoms with Crippen LogP contribution in [0.3, 0.4) is 0 Å². The van der Waals surface area contributed by atoms with E-state index in [1.54, 1.807) is 18.2 Å². The van der Waals surface area contributed by atoms with E-state index in [1.807, 2.05) is 25.7 Å². The molecule has 0 saturated carbocycles. The lowest BCUT2D eigenvalue weighted by Gasteiger charge is -2.27. The summed E-state index contributed by atoms with van der Waals surface area (Å²) in [5.41, 5.74) is 1.47. The molecule has 4 heteroatoms. The highest BCUT2D eigenvalue weighted by Crippen LogP contribution is 2.18. The zero-order valence-corrected chi connectivity index (χ0v) is 12.7. The van der Waals surface area contributed by atoms with E-state index in [9.17, 15) is 9.90 Å². The molecule has 0 heterocycles. The standard InChI is InChI=1S/C14H20BrNO2/c1-10(2)16(8-4-7-15)14(18)13-6-5-12(17)9-11(13)3/h5-6,9-10,17H,4,7-8H2,1-3H3. The van der Waals surface area contributed by atoms with Crippen molar-refractivity contribution in [3.05, 3.63) is 29.3 Å². The molecule has 1 aromatic carbocycles. The highest BCUT2D eigenvalue weighted by atomic mass is 79.9. The summed E-state index contributed by atoms with van der Waals surface area (Å²) in [5, 5.41) is 10.3. The van der Waals surface area contributed by atoms with Gasteiger partial charge in [-0.15, -0.1) is 0 Å². The van der Waals surface area contributed by atoms with Crippen molar-refractivity contribution in [3.63, 3.8) is 0 Å². The number of aryl methyl sites for hydroxylation is 1. The van der Waals surface area contributed by atoms with Gasteiger partial charge in [0.1, 0.15) is 5.75 Å². The molecule has 0 saturated heterocycles. The van der Waals surface area contributed by atoms with Gasteiger partial charge in [0.2, 0.25) is 0 Å². The summed E-state index contributed by atoms with van der Waals surface area (Å²) in [5.74, 6) is 0.226. The molecule has 0 fully saturated rings. The molecule has 0 atom stereocenters. The summed E-state index contributed by atoms with van der Waals surface area (Å²) in [6, 6.07) is 5.04. The fourth-order valence-electron chi connectivity index (χ4n) is 1.87. The predicted octanol–water partition coefficient (Wildman–Crippen LogP) is 3.34. The van der Waals surface area contributed by atoms with Crippen LogP contribution in [0, 0.1) is 6.92 Å². The highest BCUT2D eigenvalue weighted by Gasteiger charge is 2.19. The van der Waals surface area contributed by atoms with Crippen LogP contribution < -0.4 is 0 Å². The number of halogens is 1. The zero-order chi connectivity index (χ0) is 13.7. The first-order valence-corrected chi connectivity index (χ1v) is 7.26. The van der Waals surface area contributed by atoms with Crippen molar-refractivity contribution in [2.24, 2.45) is 0 Å². The van der Waals surface area contributed by atoms with Crippen molar-refractivity contribution < 1.29 is 9.90 Å². The Kier molecular flexibility index (Phi) is 5.66. The number of phenolic OH excluding ortho intramolecular Hbond substituents is 1. The third kappa shape index (κ3) is 3.73. The third-order valence-electron chi connectivity index (χ3n) is 2.86. The molecular formula is C14H20BrNO2. The Morgan fingerprint density at radius 1 is 1.44 bits per heavy atom. The second-order valence-corrected chi connectivity index (χ2v) is 5.43. The van der Waals surface area contributed by atoms with Crippen LogP contribution in [0.4, 0.5) is 0 Å². The average molecular weight is 314 g/mol. The number of rotatable bonds is 5. The molecule has 0 aliphatic rings. The van der Waals surface area contributed by atoms with Gasteiger partial charge < -0.3 is 10.0 Å². The normalized spacial score (nSPS) is 10.7. The maximum absolute atomic E-state index is 12.5. The first-order chi connectivity index (χ1) is 8.47. The Morgan fingerprint density at radius 2 is 2.11 bits per heavy atom. The van der Waals surface area contributed by atoms with Gasteiger partial charge in [-0.1, -0.05) is 15.9 Å². The van der Waals surface area contributed by atoms with E-state index in [2.05, 4.69) is 15.9 Å². The number of hydrogen-bond acceptors (Lipinski definition) is 2. The van der Waals surface area contributed by atoms with E-state index in [0.29, 0.717) is 5.56 Å². The second kappa shape index (κ2) is 6.78. The van der Waals surface area contributed by atoms with Crippen molar-refractivity contribution in [2.75, 3.05) is 11.9 Å². The Morgan fingerprint density at radius 3 is 2.61 bits per heavy atom. The fourth-order valence-corrected chi connectivity index (χ4v) is 2.12. The molecule has 0 aromatic heterocycles. The molecule has 0 aliphatic heterocycles. The van der Waals surface area contributed by atoms with Crippen molar-refractivity contribution >= 4 is 21.8 Å². The fraction of sp³-hybridized carbons (Fsp3) is 0.500. The maximum Gasteiger partial charge on any atom is 0.254 e. The van der Waals surface area contributed by atoms with E-state index in [4.69, 9.17) is 0 Å². The molecule has 18 heavy (non-hydrogen) atoms. The first-order valence-electron chi connectivity index (χ1n) is 6.14. The number of nitrogens with zero attached hydrogens (tertiary/aromatic N) is 1. The van der Waals surface area contributed by atoms with Gasteiger partial charge in [0.25, 0.3) is 5.91 Å². The topological polar surface area (TPSA) is 40.5 Å². The number of phenols is 1. The molecule has 0 spiro atoms. The van der Waals surface area contributed by atoms with E-state index < -0.39 is 0 Å². The van der Waals surface area contributed by atoms with Crippen LogP contribution in [-0.4, -0.2) is 33.8 Å². The second-order valence-electron chi connectivity index (χ2n) is 4.63. The van der Waals surface area contributed by atoms with E-state index in [0.717, 1.165) is 23.9 Å². The summed E-state index contributed by atoms with van der Waals surface area (Å²) in [6.45, 7) is 6.61. The molecule has 1 rings (SSSR count). The smallest absolute Gasteiger partial charge is 0.254 e. The van der Waals surface area contributed by atoms with Crippen LogP contribution in [0.25, 0.3) is 0 Å². The predicted molar refractivity (Wildman–Crippen MR) is 77.4 cm³/mol. The minimum atomic E-state index is 0.0310. The number of benzene rings is 1. The Bertz CT molecular complexity index is 418. The molecular weight excluding hydrogens is 294 g/mol.